The summed E-state index contributed by atoms with van der Waals surface area (Å²) in [6.07, 6.45) is 1.90. The minimum Gasteiger partial charge on any atom is -0.318 e. The van der Waals surface area contributed by atoms with Crippen LogP contribution in [0.4, 0.5) is 0 Å². The Hall–Kier alpha value is -1.37. The van der Waals surface area contributed by atoms with Crippen LogP contribution in [0.1, 0.15) is 17.0 Å². The van der Waals surface area contributed by atoms with E-state index in [4.69, 9.17) is 12.2 Å². The largest absolute Gasteiger partial charge is 0.318 e. The van der Waals surface area contributed by atoms with Gasteiger partial charge in [-0.1, -0.05) is 39.9 Å². The molecular weight excluding hydrogens is 380 g/mol. The van der Waals surface area contributed by atoms with Crippen molar-refractivity contribution in [1.29, 1.82) is 0 Å². The Bertz CT molecular complexity index is 806. The van der Waals surface area contributed by atoms with Crippen molar-refractivity contribution in [3.63, 3.8) is 0 Å². The van der Waals surface area contributed by atoms with Crippen LogP contribution in [0, 0.1) is 13.8 Å². The Morgan fingerprint density at radius 1 is 1.27 bits per heavy atom. The van der Waals surface area contributed by atoms with Crippen molar-refractivity contribution in [1.82, 2.24) is 9.88 Å². The minimum atomic E-state index is -0.122. The number of hydrogen-bond donors (Lipinski definition) is 1. The number of hydrogen-bond acceptors (Lipinski definition) is 3. The Morgan fingerprint density at radius 3 is 2.55 bits per heavy atom. The number of nitrogens with one attached hydrogen (secondary N) is 1. The van der Waals surface area contributed by atoms with Crippen molar-refractivity contribution in [2.45, 2.75) is 13.8 Å². The summed E-state index contributed by atoms with van der Waals surface area (Å²) in [5, 5.41) is 2.64. The second-order valence-electron chi connectivity index (χ2n) is 4.99. The topological polar surface area (TPSA) is 34.0 Å². The molecule has 0 unspecified atom stereocenters. The highest BCUT2D eigenvalue weighted by molar-refractivity contribution is 9.10. The summed E-state index contributed by atoms with van der Waals surface area (Å²) >= 11 is 9.78. The summed E-state index contributed by atoms with van der Waals surface area (Å²) in [5.74, 6) is -0.122. The highest BCUT2D eigenvalue weighted by atomic mass is 79.9. The molecule has 6 heteroatoms. The summed E-state index contributed by atoms with van der Waals surface area (Å²) in [5.41, 5.74) is 4.35. The first-order valence-electron chi connectivity index (χ1n) is 6.65. The number of carbonyl (C=O) groups is 1. The van der Waals surface area contributed by atoms with Crippen molar-refractivity contribution < 1.29 is 4.79 Å². The van der Waals surface area contributed by atoms with Gasteiger partial charge in [-0.2, -0.15) is 0 Å². The van der Waals surface area contributed by atoms with E-state index < -0.39 is 0 Å². The van der Waals surface area contributed by atoms with Crippen LogP contribution in [0.3, 0.4) is 0 Å². The van der Waals surface area contributed by atoms with Gasteiger partial charge in [0.1, 0.15) is 4.32 Å². The average molecular weight is 393 g/mol. The van der Waals surface area contributed by atoms with Gasteiger partial charge in [0.05, 0.1) is 4.91 Å². The van der Waals surface area contributed by atoms with Crippen LogP contribution in [-0.2, 0) is 4.79 Å². The number of nitrogens with zero attached hydrogens (tertiary/aromatic N) is 1. The summed E-state index contributed by atoms with van der Waals surface area (Å²) in [4.78, 5) is 12.4. The molecule has 1 aromatic heterocycles. The van der Waals surface area contributed by atoms with Crippen LogP contribution in [0.15, 0.2) is 39.7 Å². The molecule has 1 aliphatic rings. The molecule has 1 aromatic carbocycles. The molecule has 1 amide bonds. The quantitative estimate of drug-likeness (QED) is 0.609. The third-order valence-corrected chi connectivity index (χ3v) is 5.18. The van der Waals surface area contributed by atoms with Gasteiger partial charge >= 0.3 is 0 Å². The number of thiocarbonyl (C=S) groups is 1. The molecular formula is C16H13BrN2OS2. The maximum Gasteiger partial charge on any atom is 0.263 e. The van der Waals surface area contributed by atoms with Gasteiger partial charge in [-0.25, -0.2) is 0 Å². The van der Waals surface area contributed by atoms with Gasteiger partial charge in [0, 0.05) is 21.5 Å². The molecule has 0 aliphatic carbocycles. The van der Waals surface area contributed by atoms with Gasteiger partial charge < -0.3 is 9.88 Å². The summed E-state index contributed by atoms with van der Waals surface area (Å²) in [6, 6.07) is 10.2. The molecule has 0 radical (unpaired) electrons. The van der Waals surface area contributed by atoms with Gasteiger partial charge in [0.25, 0.3) is 5.91 Å². The van der Waals surface area contributed by atoms with Crippen LogP contribution in [-0.4, -0.2) is 14.8 Å². The van der Waals surface area contributed by atoms with E-state index in [1.54, 1.807) is 0 Å². The van der Waals surface area contributed by atoms with E-state index in [1.807, 2.05) is 18.2 Å². The maximum atomic E-state index is 11.8. The lowest BCUT2D eigenvalue weighted by molar-refractivity contribution is -0.115. The fourth-order valence-corrected chi connectivity index (χ4v) is 3.78. The highest BCUT2D eigenvalue weighted by Crippen LogP contribution is 2.29. The fourth-order valence-electron chi connectivity index (χ4n) is 2.48. The molecule has 0 saturated carbocycles. The first-order chi connectivity index (χ1) is 10.5. The van der Waals surface area contributed by atoms with Crippen LogP contribution < -0.4 is 5.32 Å². The third kappa shape index (κ3) is 2.91. The number of benzene rings is 1. The molecule has 22 heavy (non-hydrogen) atoms. The summed E-state index contributed by atoms with van der Waals surface area (Å²) in [7, 11) is 0. The minimum absolute atomic E-state index is 0.122. The lowest BCUT2D eigenvalue weighted by atomic mass is 10.2. The number of halogens is 1. The molecule has 1 N–H and O–H groups in total. The highest BCUT2D eigenvalue weighted by Gasteiger charge is 2.22. The molecule has 2 heterocycles. The Morgan fingerprint density at radius 2 is 1.95 bits per heavy atom. The van der Waals surface area contributed by atoms with Crippen molar-refractivity contribution in [2.75, 3.05) is 0 Å². The van der Waals surface area contributed by atoms with Crippen molar-refractivity contribution >= 4 is 56.2 Å². The standard InChI is InChI=1S/C16H13BrN2OS2/c1-9-7-11(8-14-15(20)18-16(21)22-14)10(2)19(9)13-5-3-12(17)4-6-13/h3-8H,1-2H3,(H,18,20,21). The Labute approximate surface area is 146 Å². The lowest BCUT2D eigenvalue weighted by Gasteiger charge is -2.09. The molecule has 112 valence electrons. The average Bonchev–Trinajstić information content (AvgIpc) is 2.92. The smallest absolute Gasteiger partial charge is 0.263 e. The van der Waals surface area contributed by atoms with Gasteiger partial charge in [0.2, 0.25) is 0 Å². The number of thioether (sulfide) groups is 1. The Balaban J connectivity index is 2.04. The van der Waals surface area contributed by atoms with Crippen LogP contribution in [0.5, 0.6) is 0 Å². The molecule has 2 aromatic rings. The predicted octanol–water partition coefficient (Wildman–Crippen LogP) is 4.35. The third-order valence-electron chi connectivity index (χ3n) is 3.48. The van der Waals surface area contributed by atoms with Gasteiger partial charge in [-0.05, 0) is 55.8 Å². The first-order valence-corrected chi connectivity index (χ1v) is 8.67. The second kappa shape index (κ2) is 6.02. The molecule has 1 saturated heterocycles. The zero-order valence-corrected chi connectivity index (χ0v) is 15.2. The molecule has 1 fully saturated rings. The van der Waals surface area contributed by atoms with Gasteiger partial charge in [-0.3, -0.25) is 4.79 Å². The van der Waals surface area contributed by atoms with E-state index in [9.17, 15) is 4.79 Å². The summed E-state index contributed by atoms with van der Waals surface area (Å²) < 4.78 is 3.74. The molecule has 0 atom stereocenters. The molecule has 0 spiro atoms. The number of rotatable bonds is 2. The molecule has 3 nitrogen and oxygen atoms in total. The number of aromatic nitrogens is 1. The van der Waals surface area contributed by atoms with E-state index in [-0.39, 0.29) is 5.91 Å². The Kier molecular flexibility index (Phi) is 4.25. The summed E-state index contributed by atoms with van der Waals surface area (Å²) in [6.45, 7) is 4.11. The van der Waals surface area contributed by atoms with Gasteiger partial charge in [-0.15, -0.1) is 0 Å². The zero-order valence-electron chi connectivity index (χ0n) is 12.0. The molecule has 3 rings (SSSR count). The van der Waals surface area contributed by atoms with Crippen molar-refractivity contribution in [2.24, 2.45) is 0 Å². The van der Waals surface area contributed by atoms with E-state index in [1.165, 1.54) is 11.8 Å². The van der Waals surface area contributed by atoms with Crippen molar-refractivity contribution in [3.8, 4) is 5.69 Å². The first kappa shape index (κ1) is 15.5. The second-order valence-corrected chi connectivity index (χ2v) is 7.63. The van der Waals surface area contributed by atoms with Crippen LogP contribution in [0.2, 0.25) is 0 Å². The number of amides is 1. The molecule has 0 bridgehead atoms. The number of carbonyl (C=O) groups excluding carboxylic acids is 1. The van der Waals surface area contributed by atoms with E-state index in [0.29, 0.717) is 9.23 Å². The van der Waals surface area contributed by atoms with E-state index in [0.717, 1.165) is 27.1 Å². The van der Waals surface area contributed by atoms with Crippen molar-refractivity contribution in [3.05, 3.63) is 56.7 Å². The lowest BCUT2D eigenvalue weighted by Crippen LogP contribution is -2.17. The predicted molar refractivity (Wildman–Crippen MR) is 99.3 cm³/mol. The fraction of sp³-hybridized carbons (Fsp3) is 0.125. The van der Waals surface area contributed by atoms with Crippen LogP contribution >= 0.6 is 39.9 Å². The SMILES string of the molecule is Cc1cc(C=C2SC(=S)NC2=O)c(C)n1-c1ccc(Br)cc1. The molecule has 1 aliphatic heterocycles. The van der Waals surface area contributed by atoms with Gasteiger partial charge in [0.15, 0.2) is 0 Å². The zero-order chi connectivity index (χ0) is 15.9. The van der Waals surface area contributed by atoms with E-state index in [2.05, 4.69) is 57.9 Å². The van der Waals surface area contributed by atoms with Crippen LogP contribution in [0.25, 0.3) is 11.8 Å². The monoisotopic (exact) mass is 392 g/mol. The number of aryl methyl sites for hydroxylation is 1. The van der Waals surface area contributed by atoms with E-state index >= 15 is 0 Å². The maximum absolute atomic E-state index is 11.8. The normalized spacial score (nSPS) is 16.4.